The predicted molar refractivity (Wildman–Crippen MR) is 383 cm³/mol. The van der Waals surface area contributed by atoms with Crippen molar-refractivity contribution in [2.24, 2.45) is 0 Å². The molecule has 0 aliphatic carbocycles. The fourth-order valence-corrected chi connectivity index (χ4v) is 11.9. The molecule has 0 aromatic rings. The van der Waals surface area contributed by atoms with Gasteiger partial charge in [-0.05, 0) is 70.6 Å². The average Bonchev–Trinajstić information content (AvgIpc) is 3.70. The van der Waals surface area contributed by atoms with Crippen molar-refractivity contribution in [3.05, 3.63) is 85.1 Å². The van der Waals surface area contributed by atoms with Crippen LogP contribution in [0, 0.1) is 0 Å². The Morgan fingerprint density at radius 1 is 0.402 bits per heavy atom. The molecular weight excluding hydrogens is 1090 g/mol. The third kappa shape index (κ3) is 71.0. The highest BCUT2D eigenvalue weighted by atomic mass is 31.2. The van der Waals surface area contributed by atoms with Crippen molar-refractivity contribution in [3.8, 4) is 0 Å². The van der Waals surface area contributed by atoms with Crippen LogP contribution < -0.4 is 5.32 Å². The van der Waals surface area contributed by atoms with Crippen LogP contribution in [0.3, 0.4) is 0 Å². The molecule has 3 atom stereocenters. The molecule has 0 spiro atoms. The highest BCUT2D eigenvalue weighted by Gasteiger charge is 2.28. The number of amides is 1. The summed E-state index contributed by atoms with van der Waals surface area (Å²) in [4.78, 5) is 23.5. The highest BCUT2D eigenvalue weighted by molar-refractivity contribution is 7.47. The first-order valence-electron chi connectivity index (χ1n) is 37.5. The zero-order valence-electron chi connectivity index (χ0n) is 58.3. The number of nitrogens with zero attached hydrogens (tertiary/aromatic N) is 1. The lowest BCUT2D eigenvalue weighted by Gasteiger charge is -2.26. The topological polar surface area (TPSA) is 105 Å². The number of hydrogen-bond donors (Lipinski definition) is 3. The number of phosphoric ester groups is 1. The third-order valence-corrected chi connectivity index (χ3v) is 17.9. The Kier molecular flexibility index (Phi) is 66.2. The molecule has 0 aliphatic heterocycles. The van der Waals surface area contributed by atoms with E-state index in [9.17, 15) is 19.4 Å². The van der Waals surface area contributed by atoms with Crippen LogP contribution in [0.4, 0.5) is 0 Å². The van der Waals surface area contributed by atoms with Crippen LogP contribution in [0.5, 0.6) is 0 Å². The van der Waals surface area contributed by atoms with Gasteiger partial charge >= 0.3 is 7.82 Å². The van der Waals surface area contributed by atoms with E-state index in [4.69, 9.17) is 9.05 Å². The number of aliphatic hydroxyl groups is 1. The van der Waals surface area contributed by atoms with Crippen molar-refractivity contribution in [1.82, 2.24) is 5.32 Å². The van der Waals surface area contributed by atoms with E-state index in [2.05, 4.69) is 104 Å². The molecule has 0 heterocycles. The first kappa shape index (κ1) is 84.7. The lowest BCUT2D eigenvalue weighted by atomic mass is 10.0. The van der Waals surface area contributed by atoms with E-state index in [-0.39, 0.29) is 19.1 Å². The molecule has 3 unspecified atom stereocenters. The lowest BCUT2D eigenvalue weighted by Crippen LogP contribution is -2.46. The summed E-state index contributed by atoms with van der Waals surface area (Å²) >= 11 is 0. The average molecular weight is 1240 g/mol. The molecule has 0 fully saturated rings. The third-order valence-electron chi connectivity index (χ3n) is 16.9. The minimum atomic E-state index is -4.34. The maximum atomic E-state index is 13.1. The van der Waals surface area contributed by atoms with Crippen LogP contribution in [-0.2, 0) is 18.4 Å². The Hall–Kier alpha value is -2.32. The molecule has 87 heavy (non-hydrogen) atoms. The quantitative estimate of drug-likeness (QED) is 0.0243. The number of rotatable bonds is 69. The van der Waals surface area contributed by atoms with Gasteiger partial charge in [-0.15, -0.1) is 0 Å². The van der Waals surface area contributed by atoms with Gasteiger partial charge < -0.3 is 19.8 Å². The number of quaternary nitrogens is 1. The molecule has 8 nitrogen and oxygen atoms in total. The second-order valence-corrected chi connectivity index (χ2v) is 28.1. The molecule has 508 valence electrons. The largest absolute Gasteiger partial charge is 0.472 e. The predicted octanol–water partition coefficient (Wildman–Crippen LogP) is 24.3. The highest BCUT2D eigenvalue weighted by Crippen LogP contribution is 2.43. The van der Waals surface area contributed by atoms with Crippen molar-refractivity contribution in [2.45, 2.75) is 366 Å². The second kappa shape index (κ2) is 68.1. The van der Waals surface area contributed by atoms with Crippen molar-refractivity contribution >= 4 is 13.7 Å². The molecule has 0 aliphatic rings. The van der Waals surface area contributed by atoms with Crippen LogP contribution in [0.1, 0.15) is 354 Å². The van der Waals surface area contributed by atoms with Gasteiger partial charge in [0.15, 0.2) is 0 Å². The number of unbranched alkanes of at least 4 members (excludes halogenated alkanes) is 42. The van der Waals surface area contributed by atoms with E-state index < -0.39 is 20.0 Å². The molecule has 0 saturated carbocycles. The fraction of sp³-hybridized carbons (Fsp3) is 0.808. The fourth-order valence-electron chi connectivity index (χ4n) is 11.2. The molecule has 0 aromatic carbocycles. The van der Waals surface area contributed by atoms with E-state index in [1.807, 2.05) is 21.1 Å². The molecule has 0 saturated heterocycles. The zero-order chi connectivity index (χ0) is 63.4. The van der Waals surface area contributed by atoms with Crippen LogP contribution in [0.15, 0.2) is 85.1 Å². The summed E-state index contributed by atoms with van der Waals surface area (Å²) in [6, 6.07) is -0.768. The van der Waals surface area contributed by atoms with Gasteiger partial charge in [0.25, 0.3) is 0 Å². The standard InChI is InChI=1S/C78H145N2O6P/c1-6-8-10-12-14-16-18-20-22-24-26-28-30-32-34-36-38-39-40-41-42-44-46-48-50-52-54-56-58-60-62-64-66-68-70-72-78(82)79-76(75-86-87(83,84)85-74-73-80(3,4)5)77(81)71-69-67-65-63-61-59-57-55-53-51-49-47-45-43-37-35-33-31-29-27-25-23-21-19-17-15-13-11-9-7-2/h8,10,14,16,20,22,26,28,32,34,38-39,41-42,76-77,81H,6-7,9,11-13,15,17-19,21,23-25,27,29-31,33,35-37,40,43-75H2,1-5H3,(H-,79,82,83,84)/p+1/b10-8-,16-14-,22-20-,28-26-,34-32-,39-38-,42-41-. The van der Waals surface area contributed by atoms with Gasteiger partial charge in [0, 0.05) is 6.42 Å². The van der Waals surface area contributed by atoms with Gasteiger partial charge in [0.2, 0.25) is 5.91 Å². The van der Waals surface area contributed by atoms with E-state index in [0.29, 0.717) is 23.9 Å². The number of phosphoric acid groups is 1. The van der Waals surface area contributed by atoms with Gasteiger partial charge in [-0.1, -0.05) is 362 Å². The Morgan fingerprint density at radius 2 is 0.690 bits per heavy atom. The molecule has 0 rings (SSSR count). The number of nitrogens with one attached hydrogen (secondary N) is 1. The maximum Gasteiger partial charge on any atom is 0.472 e. The minimum Gasteiger partial charge on any atom is -0.391 e. The van der Waals surface area contributed by atoms with Gasteiger partial charge in [0.1, 0.15) is 13.2 Å². The van der Waals surface area contributed by atoms with Crippen LogP contribution >= 0.6 is 7.82 Å². The Labute approximate surface area is 541 Å². The summed E-state index contributed by atoms with van der Waals surface area (Å²) in [6.07, 6.45) is 97.0. The van der Waals surface area contributed by atoms with Gasteiger partial charge in [-0.3, -0.25) is 13.8 Å². The summed E-state index contributed by atoms with van der Waals surface area (Å²) in [5.74, 6) is -0.143. The molecule has 0 radical (unpaired) electrons. The Bertz CT molecular complexity index is 1700. The first-order valence-corrected chi connectivity index (χ1v) is 38.9. The van der Waals surface area contributed by atoms with Crippen LogP contribution in [0.25, 0.3) is 0 Å². The molecule has 0 bridgehead atoms. The van der Waals surface area contributed by atoms with Crippen LogP contribution in [-0.4, -0.2) is 73.4 Å². The van der Waals surface area contributed by atoms with Gasteiger partial charge in [-0.2, -0.15) is 0 Å². The Morgan fingerprint density at radius 3 is 1.01 bits per heavy atom. The molecule has 3 N–H and O–H groups in total. The van der Waals surface area contributed by atoms with Gasteiger partial charge in [0.05, 0.1) is 39.9 Å². The van der Waals surface area contributed by atoms with E-state index >= 15 is 0 Å². The monoisotopic (exact) mass is 1240 g/mol. The zero-order valence-corrected chi connectivity index (χ0v) is 59.2. The normalized spacial score (nSPS) is 14.1. The number of carbonyl (C=O) groups excluding carboxylic acids is 1. The smallest absolute Gasteiger partial charge is 0.391 e. The summed E-state index contributed by atoms with van der Waals surface area (Å²) < 4.78 is 23.9. The molecule has 0 aromatic heterocycles. The Balaban J connectivity index is 4.02. The van der Waals surface area contributed by atoms with E-state index in [1.54, 1.807) is 0 Å². The summed E-state index contributed by atoms with van der Waals surface area (Å²) in [5.41, 5.74) is 0. The summed E-state index contributed by atoms with van der Waals surface area (Å²) in [6.45, 7) is 4.82. The second-order valence-electron chi connectivity index (χ2n) is 26.7. The first-order chi connectivity index (χ1) is 42.5. The summed E-state index contributed by atoms with van der Waals surface area (Å²) in [5, 5.41) is 14.2. The van der Waals surface area contributed by atoms with Crippen molar-refractivity contribution in [3.63, 3.8) is 0 Å². The molecular formula is C78H146N2O6P+. The van der Waals surface area contributed by atoms with Crippen molar-refractivity contribution in [2.75, 3.05) is 40.9 Å². The van der Waals surface area contributed by atoms with Crippen LogP contribution in [0.2, 0.25) is 0 Å². The lowest BCUT2D eigenvalue weighted by molar-refractivity contribution is -0.870. The molecule has 1 amide bonds. The van der Waals surface area contributed by atoms with Crippen molar-refractivity contribution in [1.29, 1.82) is 0 Å². The van der Waals surface area contributed by atoms with E-state index in [0.717, 1.165) is 83.5 Å². The SMILES string of the molecule is CC/C=C\C/C=C\C/C=C\C/C=C\C/C=C\C/C=C\C/C=C\CCCCCCCCCCCCCCCC(=O)NC(COP(=O)(O)OCC[N+](C)(C)C)C(O)CCCCCCCCCCCCCCCCCCCCCCCCCCCCCCCC. The minimum absolute atomic E-state index is 0.0727. The van der Waals surface area contributed by atoms with E-state index in [1.165, 1.54) is 244 Å². The number of allylic oxidation sites excluding steroid dienone is 14. The molecule has 9 heteroatoms. The number of carbonyl (C=O) groups is 1. The maximum absolute atomic E-state index is 13.1. The number of hydrogen-bond acceptors (Lipinski definition) is 5. The van der Waals surface area contributed by atoms with Gasteiger partial charge in [-0.25, -0.2) is 4.57 Å². The number of aliphatic hydroxyl groups excluding tert-OH is 1. The summed E-state index contributed by atoms with van der Waals surface area (Å²) in [7, 11) is 1.62. The number of likely N-dealkylation sites (N-methyl/N-ethyl adjacent to an activating group) is 1. The van der Waals surface area contributed by atoms with Crippen molar-refractivity contribution < 1.29 is 32.9 Å².